The van der Waals surface area contributed by atoms with E-state index in [1.165, 1.54) is 4.90 Å². The van der Waals surface area contributed by atoms with Gasteiger partial charge in [-0.05, 0) is 12.1 Å². The molecule has 0 bridgehead atoms. The number of carbonyl (C=O) groups is 1. The molecule has 0 unspecified atom stereocenters. The van der Waals surface area contributed by atoms with Crippen LogP contribution in [0.25, 0.3) is 21.9 Å². The van der Waals surface area contributed by atoms with E-state index in [0.717, 1.165) is 16.4 Å². The summed E-state index contributed by atoms with van der Waals surface area (Å²) < 4.78 is 5.86. The highest BCUT2D eigenvalue weighted by Crippen LogP contribution is 2.34. The van der Waals surface area contributed by atoms with E-state index in [2.05, 4.69) is 0 Å². The number of nitriles is 1. The van der Waals surface area contributed by atoms with E-state index >= 15 is 0 Å². The Morgan fingerprint density at radius 1 is 1.20 bits per heavy atom. The lowest BCUT2D eigenvalue weighted by Gasteiger charge is -2.15. The number of hydrogen-bond acceptors (Lipinski definition) is 3. The summed E-state index contributed by atoms with van der Waals surface area (Å²) in [6.45, 7) is 0. The lowest BCUT2D eigenvalue weighted by molar-refractivity contribution is -0.117. The molecular formula is C16H12N2O2. The van der Waals surface area contributed by atoms with Crippen molar-refractivity contribution >= 4 is 33.5 Å². The average molecular weight is 264 g/mol. The Bertz CT molecular complexity index is 842. The van der Waals surface area contributed by atoms with Gasteiger partial charge in [-0.25, -0.2) is 0 Å². The van der Waals surface area contributed by atoms with Gasteiger partial charge in [-0.15, -0.1) is 0 Å². The highest BCUT2D eigenvalue weighted by atomic mass is 16.3. The van der Waals surface area contributed by atoms with Gasteiger partial charge in [0.05, 0.1) is 11.8 Å². The summed E-state index contributed by atoms with van der Waals surface area (Å²) in [5, 5.41) is 10.6. The molecular weight excluding hydrogens is 252 g/mol. The zero-order valence-electron chi connectivity index (χ0n) is 11.0. The second-order valence-electron chi connectivity index (χ2n) is 4.54. The van der Waals surface area contributed by atoms with E-state index in [1.807, 2.05) is 48.5 Å². The van der Waals surface area contributed by atoms with Crippen LogP contribution in [0.15, 0.2) is 46.9 Å². The van der Waals surface area contributed by atoms with Gasteiger partial charge in [0.1, 0.15) is 12.0 Å². The third kappa shape index (κ3) is 1.81. The largest absolute Gasteiger partial charge is 0.454 e. The maximum absolute atomic E-state index is 11.9. The molecule has 0 spiro atoms. The third-order valence-electron chi connectivity index (χ3n) is 3.35. The second-order valence-corrected chi connectivity index (χ2v) is 4.54. The molecule has 4 heteroatoms. The van der Waals surface area contributed by atoms with E-state index in [0.29, 0.717) is 11.3 Å². The summed E-state index contributed by atoms with van der Waals surface area (Å²) in [7, 11) is 1.65. The van der Waals surface area contributed by atoms with E-state index in [4.69, 9.17) is 9.68 Å². The van der Waals surface area contributed by atoms with Gasteiger partial charge in [0.2, 0.25) is 5.91 Å². The molecule has 0 aliphatic carbocycles. The fraction of sp³-hybridized carbons (Fsp3) is 0.125. The number of hydrogen-bond donors (Lipinski definition) is 0. The molecule has 3 rings (SSSR count). The quantitative estimate of drug-likeness (QED) is 0.712. The smallest absolute Gasteiger partial charge is 0.241 e. The Morgan fingerprint density at radius 2 is 1.95 bits per heavy atom. The van der Waals surface area contributed by atoms with E-state index < -0.39 is 0 Å². The molecule has 0 saturated heterocycles. The number of benzene rings is 2. The first kappa shape index (κ1) is 12.2. The minimum atomic E-state index is -0.250. The first-order chi connectivity index (χ1) is 9.72. The van der Waals surface area contributed by atoms with Crippen LogP contribution >= 0.6 is 0 Å². The van der Waals surface area contributed by atoms with Crippen LogP contribution in [0.1, 0.15) is 6.42 Å². The lowest BCUT2D eigenvalue weighted by atomic mass is 10.1. The van der Waals surface area contributed by atoms with Crippen LogP contribution in [0.3, 0.4) is 0 Å². The van der Waals surface area contributed by atoms with Gasteiger partial charge < -0.3 is 9.32 Å². The molecule has 98 valence electrons. The van der Waals surface area contributed by atoms with Crippen molar-refractivity contribution in [2.45, 2.75) is 6.42 Å². The van der Waals surface area contributed by atoms with Gasteiger partial charge in [-0.3, -0.25) is 4.79 Å². The molecule has 4 nitrogen and oxygen atoms in total. The number of carbonyl (C=O) groups excluding carboxylic acids is 1. The van der Waals surface area contributed by atoms with Crippen LogP contribution in [-0.4, -0.2) is 13.0 Å². The first-order valence-electron chi connectivity index (χ1n) is 6.26. The maximum atomic E-state index is 11.9. The molecule has 0 aliphatic rings. The van der Waals surface area contributed by atoms with Gasteiger partial charge >= 0.3 is 0 Å². The molecule has 1 aromatic heterocycles. The number of amides is 1. The Labute approximate surface area is 115 Å². The van der Waals surface area contributed by atoms with E-state index in [9.17, 15) is 4.79 Å². The Balaban J connectivity index is 2.22. The van der Waals surface area contributed by atoms with Crippen molar-refractivity contribution in [1.82, 2.24) is 0 Å². The minimum Gasteiger partial charge on any atom is -0.454 e. The zero-order valence-corrected chi connectivity index (χ0v) is 11.0. The van der Waals surface area contributed by atoms with Gasteiger partial charge in [-0.1, -0.05) is 30.3 Å². The summed E-state index contributed by atoms with van der Waals surface area (Å²) in [6.07, 6.45) is -0.146. The second kappa shape index (κ2) is 4.71. The monoisotopic (exact) mass is 264 g/mol. The molecule has 1 amide bonds. The zero-order chi connectivity index (χ0) is 14.1. The van der Waals surface area contributed by atoms with Crippen molar-refractivity contribution in [3.8, 4) is 6.07 Å². The van der Waals surface area contributed by atoms with Crippen LogP contribution in [0.5, 0.6) is 0 Å². The van der Waals surface area contributed by atoms with Crippen LogP contribution in [0.4, 0.5) is 5.69 Å². The Kier molecular flexibility index (Phi) is 2.88. The van der Waals surface area contributed by atoms with Gasteiger partial charge in [0.25, 0.3) is 0 Å². The predicted octanol–water partition coefficient (Wildman–Crippen LogP) is 3.46. The van der Waals surface area contributed by atoms with Gasteiger partial charge in [0.15, 0.2) is 5.58 Å². The summed E-state index contributed by atoms with van der Waals surface area (Å²) in [5.74, 6) is -0.250. The topological polar surface area (TPSA) is 57.2 Å². The van der Waals surface area contributed by atoms with E-state index in [-0.39, 0.29) is 12.3 Å². The number of fused-ring (bicyclic) bond motifs is 3. The predicted molar refractivity (Wildman–Crippen MR) is 77.4 cm³/mol. The van der Waals surface area contributed by atoms with Crippen molar-refractivity contribution < 1.29 is 9.21 Å². The fourth-order valence-electron chi connectivity index (χ4n) is 2.32. The third-order valence-corrected chi connectivity index (χ3v) is 3.35. The van der Waals surface area contributed by atoms with Crippen molar-refractivity contribution in [3.63, 3.8) is 0 Å². The molecule has 0 fully saturated rings. The molecule has 1 heterocycles. The average Bonchev–Trinajstić information content (AvgIpc) is 2.85. The van der Waals surface area contributed by atoms with Crippen molar-refractivity contribution in [3.05, 3.63) is 42.5 Å². The number of nitrogens with zero attached hydrogens (tertiary/aromatic N) is 2. The summed E-state index contributed by atoms with van der Waals surface area (Å²) in [6, 6.07) is 15.3. The first-order valence-corrected chi connectivity index (χ1v) is 6.26. The Morgan fingerprint density at radius 3 is 2.75 bits per heavy atom. The van der Waals surface area contributed by atoms with Crippen LogP contribution < -0.4 is 4.90 Å². The Hall–Kier alpha value is -2.80. The van der Waals surface area contributed by atoms with Crippen LogP contribution in [0, 0.1) is 11.3 Å². The van der Waals surface area contributed by atoms with Crippen LogP contribution in [0.2, 0.25) is 0 Å². The van der Waals surface area contributed by atoms with E-state index in [1.54, 1.807) is 7.05 Å². The van der Waals surface area contributed by atoms with Gasteiger partial charge in [-0.2, -0.15) is 5.26 Å². The molecule has 2 aromatic carbocycles. The number of furan rings is 1. The lowest BCUT2D eigenvalue weighted by Crippen LogP contribution is -2.25. The van der Waals surface area contributed by atoms with Crippen molar-refractivity contribution in [2.75, 3.05) is 11.9 Å². The molecule has 0 aliphatic heterocycles. The highest BCUT2D eigenvalue weighted by molar-refractivity contribution is 6.11. The molecule has 20 heavy (non-hydrogen) atoms. The minimum absolute atomic E-state index is 0.146. The molecule has 0 N–H and O–H groups in total. The van der Waals surface area contributed by atoms with Crippen molar-refractivity contribution in [2.24, 2.45) is 0 Å². The summed E-state index contributed by atoms with van der Waals surface area (Å²) in [4.78, 5) is 13.3. The highest BCUT2D eigenvalue weighted by Gasteiger charge is 2.17. The number of anilines is 1. The SMILES string of the molecule is CN(C(=O)CC#N)c1cccc2c1oc1ccccc12. The summed E-state index contributed by atoms with van der Waals surface area (Å²) >= 11 is 0. The standard InChI is InChI=1S/C16H12N2O2/c1-18(15(19)9-10-17)13-7-4-6-12-11-5-2-3-8-14(11)20-16(12)13/h2-8H,9H2,1H3. The van der Waals surface area contributed by atoms with Gasteiger partial charge in [0, 0.05) is 17.8 Å². The molecule has 3 aromatic rings. The normalized spacial score (nSPS) is 10.6. The maximum Gasteiger partial charge on any atom is 0.241 e. The molecule has 0 saturated carbocycles. The van der Waals surface area contributed by atoms with Crippen LogP contribution in [-0.2, 0) is 4.79 Å². The molecule has 0 radical (unpaired) electrons. The van der Waals surface area contributed by atoms with Crippen molar-refractivity contribution in [1.29, 1.82) is 5.26 Å². The number of para-hydroxylation sites is 2. The fourth-order valence-corrected chi connectivity index (χ4v) is 2.32. The summed E-state index contributed by atoms with van der Waals surface area (Å²) in [5.41, 5.74) is 2.14. The number of rotatable bonds is 2. The molecule has 0 atom stereocenters.